The second kappa shape index (κ2) is 7.03. The van der Waals surface area contributed by atoms with Gasteiger partial charge in [0.15, 0.2) is 0 Å². The van der Waals surface area contributed by atoms with Gasteiger partial charge in [-0.2, -0.15) is 0 Å². The van der Waals surface area contributed by atoms with Crippen LogP contribution in [0.3, 0.4) is 0 Å². The van der Waals surface area contributed by atoms with E-state index in [0.29, 0.717) is 11.8 Å². The summed E-state index contributed by atoms with van der Waals surface area (Å²) in [5.74, 6) is 0.188. The number of nitrogens with one attached hydrogen (secondary N) is 1. The number of hydrogen-bond acceptors (Lipinski definition) is 1. The Balaban J connectivity index is 3.44. The largest absolute Gasteiger partial charge is 0.356 e. The quantitative estimate of drug-likeness (QED) is 0.696. The van der Waals surface area contributed by atoms with Crippen LogP contribution in [-0.2, 0) is 4.79 Å². The molecule has 0 rings (SSSR count). The molecule has 0 saturated carbocycles. The van der Waals surface area contributed by atoms with E-state index < -0.39 is 0 Å². The first kappa shape index (κ1) is 16.5. The van der Waals surface area contributed by atoms with Gasteiger partial charge >= 0.3 is 0 Å². The van der Waals surface area contributed by atoms with Crippen molar-refractivity contribution >= 4 is 5.91 Å². The van der Waals surface area contributed by atoms with Gasteiger partial charge in [-0.3, -0.25) is 4.79 Å². The van der Waals surface area contributed by atoms with Gasteiger partial charge in [-0.05, 0) is 23.7 Å². The fraction of sp³-hybridized carbons (Fsp3) is 0.933. The van der Waals surface area contributed by atoms with Crippen molar-refractivity contribution < 1.29 is 4.79 Å². The molecule has 0 spiro atoms. The van der Waals surface area contributed by atoms with Gasteiger partial charge in [-0.1, -0.05) is 54.4 Å². The molecule has 0 unspecified atom stereocenters. The van der Waals surface area contributed by atoms with E-state index >= 15 is 0 Å². The molecule has 0 saturated heterocycles. The van der Waals surface area contributed by atoms with Crippen molar-refractivity contribution in [2.75, 3.05) is 6.54 Å². The van der Waals surface area contributed by atoms with Gasteiger partial charge in [-0.15, -0.1) is 0 Å². The number of hydrogen-bond donors (Lipinski definition) is 1. The lowest BCUT2D eigenvalue weighted by atomic mass is 9.89. The first-order chi connectivity index (χ1) is 7.60. The highest BCUT2D eigenvalue weighted by atomic mass is 16.1. The Bertz CT molecular complexity index is 220. The van der Waals surface area contributed by atoms with E-state index in [1.54, 1.807) is 0 Å². The number of amides is 1. The molecule has 0 aliphatic rings. The maximum Gasteiger partial charge on any atom is 0.220 e. The predicted molar refractivity (Wildman–Crippen MR) is 75.0 cm³/mol. The summed E-state index contributed by atoms with van der Waals surface area (Å²) in [6.07, 6.45) is 5.47. The van der Waals surface area contributed by atoms with Crippen LogP contribution in [0, 0.1) is 10.8 Å². The molecule has 0 aromatic heterocycles. The van der Waals surface area contributed by atoms with Crippen LogP contribution < -0.4 is 5.32 Å². The van der Waals surface area contributed by atoms with Crippen LogP contribution in [-0.4, -0.2) is 12.5 Å². The third-order valence-corrected chi connectivity index (χ3v) is 2.62. The van der Waals surface area contributed by atoms with Gasteiger partial charge in [0, 0.05) is 13.0 Å². The van der Waals surface area contributed by atoms with Crippen LogP contribution in [0.5, 0.6) is 0 Å². The molecule has 0 aliphatic carbocycles. The lowest BCUT2D eigenvalue weighted by Crippen LogP contribution is -2.28. The summed E-state index contributed by atoms with van der Waals surface area (Å²) in [7, 11) is 0. The molecular formula is C15H31NO. The lowest BCUT2D eigenvalue weighted by Gasteiger charge is -2.18. The number of unbranched alkanes of at least 4 members (excludes halogenated alkanes) is 2. The zero-order valence-electron chi connectivity index (χ0n) is 12.7. The number of carbonyl (C=O) groups excluding carboxylic acids is 1. The molecule has 0 atom stereocenters. The summed E-state index contributed by atoms with van der Waals surface area (Å²) in [4.78, 5) is 11.5. The van der Waals surface area contributed by atoms with Crippen LogP contribution in [0.2, 0.25) is 0 Å². The van der Waals surface area contributed by atoms with Gasteiger partial charge in [0.2, 0.25) is 5.91 Å². The smallest absolute Gasteiger partial charge is 0.220 e. The van der Waals surface area contributed by atoms with E-state index in [1.807, 2.05) is 0 Å². The van der Waals surface area contributed by atoms with Gasteiger partial charge in [0.05, 0.1) is 0 Å². The van der Waals surface area contributed by atoms with E-state index in [-0.39, 0.29) is 11.3 Å². The van der Waals surface area contributed by atoms with E-state index in [4.69, 9.17) is 0 Å². The summed E-state index contributed by atoms with van der Waals surface area (Å²) in [5.41, 5.74) is 0.534. The average Bonchev–Trinajstić information content (AvgIpc) is 2.06. The van der Waals surface area contributed by atoms with Crippen LogP contribution in [0.25, 0.3) is 0 Å². The van der Waals surface area contributed by atoms with Crippen LogP contribution in [0.1, 0.15) is 73.6 Å². The zero-order valence-corrected chi connectivity index (χ0v) is 12.7. The van der Waals surface area contributed by atoms with Gasteiger partial charge in [0.25, 0.3) is 0 Å². The zero-order chi connectivity index (χ0) is 13.5. The number of carbonyl (C=O) groups is 1. The Morgan fingerprint density at radius 3 is 1.94 bits per heavy atom. The Kier molecular flexibility index (Phi) is 6.81. The third-order valence-electron chi connectivity index (χ3n) is 2.62. The molecule has 102 valence electrons. The predicted octanol–water partition coefficient (Wildman–Crippen LogP) is 4.15. The van der Waals surface area contributed by atoms with Crippen LogP contribution in [0.4, 0.5) is 0 Å². The van der Waals surface area contributed by atoms with Gasteiger partial charge in [0.1, 0.15) is 0 Å². The monoisotopic (exact) mass is 241 g/mol. The highest BCUT2D eigenvalue weighted by Crippen LogP contribution is 2.22. The Morgan fingerprint density at radius 2 is 1.47 bits per heavy atom. The molecule has 0 aromatic carbocycles. The molecule has 1 N–H and O–H groups in total. The molecule has 0 bridgehead atoms. The van der Waals surface area contributed by atoms with Gasteiger partial charge in [-0.25, -0.2) is 0 Å². The molecule has 2 nitrogen and oxygen atoms in total. The highest BCUT2D eigenvalue weighted by Gasteiger charge is 2.15. The van der Waals surface area contributed by atoms with E-state index in [2.05, 4.69) is 46.9 Å². The second-order valence-corrected chi connectivity index (χ2v) is 7.46. The van der Waals surface area contributed by atoms with Crippen LogP contribution >= 0.6 is 0 Å². The molecule has 0 aliphatic heterocycles. The lowest BCUT2D eigenvalue weighted by molar-refractivity contribution is -0.122. The first-order valence-corrected chi connectivity index (χ1v) is 6.87. The Labute approximate surface area is 108 Å². The number of rotatable bonds is 6. The molecule has 0 radical (unpaired) electrons. The van der Waals surface area contributed by atoms with E-state index in [9.17, 15) is 4.79 Å². The van der Waals surface area contributed by atoms with E-state index in [1.165, 1.54) is 19.3 Å². The summed E-state index contributed by atoms with van der Waals surface area (Å²) < 4.78 is 0. The van der Waals surface area contributed by atoms with Crippen LogP contribution in [0.15, 0.2) is 0 Å². The fourth-order valence-electron chi connectivity index (χ4n) is 1.73. The minimum absolute atomic E-state index is 0.0936. The maximum absolute atomic E-state index is 11.5. The second-order valence-electron chi connectivity index (χ2n) is 7.46. The minimum atomic E-state index is 0.0936. The first-order valence-electron chi connectivity index (χ1n) is 6.87. The Hall–Kier alpha value is -0.530. The van der Waals surface area contributed by atoms with Crippen molar-refractivity contribution in [3.8, 4) is 0 Å². The summed E-state index contributed by atoms with van der Waals surface area (Å²) in [6, 6.07) is 0. The fourth-order valence-corrected chi connectivity index (χ4v) is 1.73. The SMILES string of the molecule is CC(C)(C)CCCCCNC(=O)CC(C)(C)C. The van der Waals surface area contributed by atoms with Crippen molar-refractivity contribution in [3.63, 3.8) is 0 Å². The van der Waals surface area contributed by atoms with Crippen molar-refractivity contribution in [1.29, 1.82) is 0 Å². The summed E-state index contributed by atoms with van der Waals surface area (Å²) in [6.45, 7) is 13.9. The standard InChI is InChI=1S/C15H31NO/c1-14(2,3)10-8-7-9-11-16-13(17)12-15(4,5)6/h7-12H2,1-6H3,(H,16,17). The maximum atomic E-state index is 11.5. The minimum Gasteiger partial charge on any atom is -0.356 e. The topological polar surface area (TPSA) is 29.1 Å². The van der Waals surface area contributed by atoms with Gasteiger partial charge < -0.3 is 5.32 Å². The Morgan fingerprint density at radius 1 is 0.882 bits per heavy atom. The molecular weight excluding hydrogens is 210 g/mol. The molecule has 0 aromatic rings. The van der Waals surface area contributed by atoms with E-state index in [0.717, 1.165) is 13.0 Å². The van der Waals surface area contributed by atoms with Crippen molar-refractivity contribution in [2.45, 2.75) is 73.6 Å². The highest BCUT2D eigenvalue weighted by molar-refractivity contribution is 5.76. The van der Waals surface area contributed by atoms with Crippen molar-refractivity contribution in [1.82, 2.24) is 5.32 Å². The molecule has 17 heavy (non-hydrogen) atoms. The summed E-state index contributed by atoms with van der Waals surface area (Å²) >= 11 is 0. The average molecular weight is 241 g/mol. The van der Waals surface area contributed by atoms with Crippen molar-refractivity contribution in [3.05, 3.63) is 0 Å². The molecule has 2 heteroatoms. The molecule has 1 amide bonds. The normalized spacial score (nSPS) is 12.6. The molecule has 0 heterocycles. The molecule has 0 fully saturated rings. The summed E-state index contributed by atoms with van der Waals surface area (Å²) in [5, 5.41) is 3.00. The van der Waals surface area contributed by atoms with Crippen molar-refractivity contribution in [2.24, 2.45) is 10.8 Å². The third kappa shape index (κ3) is 13.4.